The molecule has 1 fully saturated rings. The van der Waals surface area contributed by atoms with Crippen LogP contribution >= 0.6 is 0 Å². The molecular weight excluding hydrogens is 258 g/mol. The molecule has 1 aromatic carbocycles. The highest BCUT2D eigenvalue weighted by Crippen LogP contribution is 2.46. The van der Waals surface area contributed by atoms with Gasteiger partial charge < -0.3 is 10.1 Å². The van der Waals surface area contributed by atoms with Crippen LogP contribution in [0, 0.1) is 5.41 Å². The third-order valence-corrected chi connectivity index (χ3v) is 4.66. The quantitative estimate of drug-likeness (QED) is 0.787. The van der Waals surface area contributed by atoms with E-state index < -0.39 is 0 Å². The summed E-state index contributed by atoms with van der Waals surface area (Å²) in [5.41, 5.74) is 1.74. The smallest absolute Gasteiger partial charge is 0.120 e. The minimum atomic E-state index is 0.225. The Balaban J connectivity index is 2.24. The lowest BCUT2D eigenvalue weighted by Gasteiger charge is -2.41. The summed E-state index contributed by atoms with van der Waals surface area (Å²) >= 11 is 0. The first-order chi connectivity index (χ1) is 10.0. The Hall–Kier alpha value is -1.02. The average Bonchev–Trinajstić information content (AvgIpc) is 2.45. The maximum absolute atomic E-state index is 5.88. The van der Waals surface area contributed by atoms with E-state index in [9.17, 15) is 0 Å². The van der Waals surface area contributed by atoms with Gasteiger partial charge in [0.2, 0.25) is 0 Å². The van der Waals surface area contributed by atoms with Crippen LogP contribution in [0.25, 0.3) is 0 Å². The van der Waals surface area contributed by atoms with Crippen LogP contribution in [0.4, 0.5) is 0 Å². The van der Waals surface area contributed by atoms with E-state index in [1.54, 1.807) is 0 Å². The van der Waals surface area contributed by atoms with Crippen molar-refractivity contribution in [2.45, 2.75) is 71.9 Å². The highest BCUT2D eigenvalue weighted by Gasteiger charge is 2.36. The van der Waals surface area contributed by atoms with E-state index >= 15 is 0 Å². The molecule has 1 saturated carbocycles. The van der Waals surface area contributed by atoms with Gasteiger partial charge in [-0.05, 0) is 56.3 Å². The Bertz CT molecular complexity index is 435. The summed E-state index contributed by atoms with van der Waals surface area (Å²) in [7, 11) is 0. The number of nitrogens with one attached hydrogen (secondary N) is 1. The fraction of sp³-hybridized carbons (Fsp3) is 0.684. The van der Waals surface area contributed by atoms with E-state index in [1.165, 1.54) is 37.7 Å². The highest BCUT2D eigenvalue weighted by molar-refractivity contribution is 5.32. The van der Waals surface area contributed by atoms with Crippen LogP contribution in [0.2, 0.25) is 0 Å². The van der Waals surface area contributed by atoms with Crippen molar-refractivity contribution in [1.29, 1.82) is 0 Å². The topological polar surface area (TPSA) is 21.3 Å². The molecule has 0 heterocycles. The minimum Gasteiger partial charge on any atom is -0.491 e. The van der Waals surface area contributed by atoms with Gasteiger partial charge in [-0.25, -0.2) is 0 Å². The van der Waals surface area contributed by atoms with E-state index in [2.05, 4.69) is 57.3 Å². The SMILES string of the molecule is CCNC(c1cccc(OC(C)C)c1)C1(C)CCCCC1. The summed E-state index contributed by atoms with van der Waals surface area (Å²) in [6.45, 7) is 9.83. The van der Waals surface area contributed by atoms with E-state index in [-0.39, 0.29) is 6.10 Å². The first-order valence-corrected chi connectivity index (χ1v) is 8.55. The van der Waals surface area contributed by atoms with Gasteiger partial charge in [-0.15, -0.1) is 0 Å². The first-order valence-electron chi connectivity index (χ1n) is 8.55. The average molecular weight is 289 g/mol. The van der Waals surface area contributed by atoms with Crippen molar-refractivity contribution in [2.75, 3.05) is 6.54 Å². The number of ether oxygens (including phenoxy) is 1. The Morgan fingerprint density at radius 1 is 1.19 bits per heavy atom. The maximum atomic E-state index is 5.88. The first kappa shape index (κ1) is 16.4. The zero-order valence-electron chi connectivity index (χ0n) is 14.1. The molecule has 1 atom stereocenters. The number of rotatable bonds is 6. The molecule has 1 aliphatic rings. The number of hydrogen-bond acceptors (Lipinski definition) is 2. The predicted octanol–water partition coefficient (Wildman–Crippen LogP) is 5.09. The van der Waals surface area contributed by atoms with Crippen molar-refractivity contribution < 1.29 is 4.74 Å². The van der Waals surface area contributed by atoms with Crippen LogP contribution < -0.4 is 10.1 Å². The van der Waals surface area contributed by atoms with E-state index in [4.69, 9.17) is 4.74 Å². The second-order valence-electron chi connectivity index (χ2n) is 6.94. The van der Waals surface area contributed by atoms with Gasteiger partial charge >= 0.3 is 0 Å². The van der Waals surface area contributed by atoms with Crippen LogP contribution in [0.5, 0.6) is 5.75 Å². The lowest BCUT2D eigenvalue weighted by atomic mass is 9.68. The van der Waals surface area contributed by atoms with Crippen molar-refractivity contribution >= 4 is 0 Å². The predicted molar refractivity (Wildman–Crippen MR) is 89.8 cm³/mol. The van der Waals surface area contributed by atoms with Crippen molar-refractivity contribution in [2.24, 2.45) is 5.41 Å². The van der Waals surface area contributed by atoms with Gasteiger partial charge in [-0.1, -0.05) is 45.2 Å². The molecule has 0 bridgehead atoms. The van der Waals surface area contributed by atoms with E-state index in [0.717, 1.165) is 12.3 Å². The second kappa shape index (κ2) is 7.31. The summed E-state index contributed by atoms with van der Waals surface area (Å²) < 4.78 is 5.88. The van der Waals surface area contributed by atoms with Crippen molar-refractivity contribution in [3.8, 4) is 5.75 Å². The van der Waals surface area contributed by atoms with Crippen LogP contribution in [0.15, 0.2) is 24.3 Å². The summed E-state index contributed by atoms with van der Waals surface area (Å²) in [5.74, 6) is 0.991. The summed E-state index contributed by atoms with van der Waals surface area (Å²) in [6.07, 6.45) is 6.98. The van der Waals surface area contributed by atoms with Gasteiger partial charge in [0.15, 0.2) is 0 Å². The Morgan fingerprint density at radius 2 is 1.90 bits per heavy atom. The zero-order valence-corrected chi connectivity index (χ0v) is 14.1. The largest absolute Gasteiger partial charge is 0.491 e. The molecule has 0 radical (unpaired) electrons. The van der Waals surface area contributed by atoms with Gasteiger partial charge in [-0.3, -0.25) is 0 Å². The van der Waals surface area contributed by atoms with Gasteiger partial charge in [0.1, 0.15) is 5.75 Å². The molecule has 2 heteroatoms. The maximum Gasteiger partial charge on any atom is 0.120 e. The molecule has 2 rings (SSSR count). The molecule has 0 spiro atoms. The van der Waals surface area contributed by atoms with Gasteiger partial charge in [0, 0.05) is 6.04 Å². The lowest BCUT2D eigenvalue weighted by Crippen LogP contribution is -2.37. The van der Waals surface area contributed by atoms with Crippen molar-refractivity contribution in [3.05, 3.63) is 29.8 Å². The van der Waals surface area contributed by atoms with E-state index in [0.29, 0.717) is 11.5 Å². The third-order valence-electron chi connectivity index (χ3n) is 4.66. The lowest BCUT2D eigenvalue weighted by molar-refractivity contribution is 0.145. The van der Waals surface area contributed by atoms with Crippen LogP contribution in [0.3, 0.4) is 0 Å². The van der Waals surface area contributed by atoms with Gasteiger partial charge in [-0.2, -0.15) is 0 Å². The molecule has 2 nitrogen and oxygen atoms in total. The summed E-state index contributed by atoms with van der Waals surface area (Å²) in [4.78, 5) is 0. The van der Waals surface area contributed by atoms with Crippen molar-refractivity contribution in [1.82, 2.24) is 5.32 Å². The zero-order chi connectivity index (χ0) is 15.3. The third kappa shape index (κ3) is 4.23. The molecule has 21 heavy (non-hydrogen) atoms. The molecule has 1 aromatic rings. The van der Waals surface area contributed by atoms with Gasteiger partial charge in [0.05, 0.1) is 6.10 Å². The fourth-order valence-corrected chi connectivity index (χ4v) is 3.66. The second-order valence-corrected chi connectivity index (χ2v) is 6.94. The molecule has 0 aromatic heterocycles. The Morgan fingerprint density at radius 3 is 2.52 bits per heavy atom. The normalized spacial score (nSPS) is 19.5. The van der Waals surface area contributed by atoms with Gasteiger partial charge in [0.25, 0.3) is 0 Å². The van der Waals surface area contributed by atoms with Crippen LogP contribution in [-0.2, 0) is 0 Å². The standard InChI is InChI=1S/C19H31NO/c1-5-20-18(19(4)12-7-6-8-13-19)16-10-9-11-17(14-16)21-15(2)3/h9-11,14-15,18,20H,5-8,12-13H2,1-4H3. The molecular formula is C19H31NO. The molecule has 1 N–H and O–H groups in total. The molecule has 0 aliphatic heterocycles. The monoisotopic (exact) mass is 289 g/mol. The number of hydrogen-bond donors (Lipinski definition) is 1. The molecule has 0 amide bonds. The molecule has 1 unspecified atom stereocenters. The fourth-order valence-electron chi connectivity index (χ4n) is 3.66. The highest BCUT2D eigenvalue weighted by atomic mass is 16.5. The number of benzene rings is 1. The molecule has 1 aliphatic carbocycles. The van der Waals surface area contributed by atoms with E-state index in [1.807, 2.05) is 0 Å². The summed E-state index contributed by atoms with van der Waals surface area (Å²) in [5, 5.41) is 3.73. The molecule has 0 saturated heterocycles. The Labute approximate surface area is 130 Å². The summed E-state index contributed by atoms with van der Waals surface area (Å²) in [6, 6.07) is 9.10. The van der Waals surface area contributed by atoms with Crippen LogP contribution in [0.1, 0.15) is 71.4 Å². The van der Waals surface area contributed by atoms with Crippen molar-refractivity contribution in [3.63, 3.8) is 0 Å². The molecule has 118 valence electrons. The minimum absolute atomic E-state index is 0.225. The Kier molecular flexibility index (Phi) is 5.69. The van der Waals surface area contributed by atoms with Crippen LogP contribution in [-0.4, -0.2) is 12.6 Å².